The molecule has 26 heavy (non-hydrogen) atoms. The number of hydrogen-bond donors (Lipinski definition) is 2. The van der Waals surface area contributed by atoms with Crippen LogP contribution < -0.4 is 10.9 Å². The molecule has 0 unspecified atom stereocenters. The molecule has 1 aromatic carbocycles. The highest BCUT2D eigenvalue weighted by molar-refractivity contribution is 5.95. The number of amides is 1. The van der Waals surface area contributed by atoms with Gasteiger partial charge in [0.1, 0.15) is 0 Å². The highest BCUT2D eigenvalue weighted by Gasteiger charge is 2.16. The van der Waals surface area contributed by atoms with Gasteiger partial charge in [0.2, 0.25) is 11.4 Å². The van der Waals surface area contributed by atoms with Crippen LogP contribution in [0.1, 0.15) is 53.1 Å². The van der Waals surface area contributed by atoms with Crippen molar-refractivity contribution in [2.24, 2.45) is 0 Å². The Morgan fingerprint density at radius 1 is 1.19 bits per heavy atom. The van der Waals surface area contributed by atoms with E-state index in [0.717, 1.165) is 5.56 Å². The summed E-state index contributed by atoms with van der Waals surface area (Å²) in [6.45, 7) is 3.95. The van der Waals surface area contributed by atoms with Crippen molar-refractivity contribution in [3.05, 3.63) is 81.4 Å². The van der Waals surface area contributed by atoms with E-state index in [1.807, 2.05) is 44.2 Å². The van der Waals surface area contributed by atoms with Crippen LogP contribution in [0.3, 0.4) is 0 Å². The molecule has 0 bridgehead atoms. The summed E-state index contributed by atoms with van der Waals surface area (Å²) in [6.07, 6.45) is 0.565. The van der Waals surface area contributed by atoms with Gasteiger partial charge in [-0.25, -0.2) is 0 Å². The fourth-order valence-electron chi connectivity index (χ4n) is 2.61. The lowest BCUT2D eigenvalue weighted by Gasteiger charge is -2.11. The van der Waals surface area contributed by atoms with Crippen LogP contribution >= 0.6 is 0 Å². The Kier molecular flexibility index (Phi) is 5.26. The van der Waals surface area contributed by atoms with Crippen LogP contribution in [0, 0.1) is 0 Å². The first-order valence-electron chi connectivity index (χ1n) is 8.39. The standard InChI is InChI=1S/C19H20N4O3/c1-12(2)18-14(8-9-16(24)22-18)19(25)20-11-17-21-15(23-26-17)10-13-6-4-3-5-7-13/h3-9,12H,10-11H2,1-2H3,(H,20,25)(H,22,24). The molecule has 3 rings (SSSR count). The van der Waals surface area contributed by atoms with Gasteiger partial charge in [-0.1, -0.05) is 49.3 Å². The Hall–Kier alpha value is -3.22. The van der Waals surface area contributed by atoms with E-state index in [1.54, 1.807) is 0 Å². The van der Waals surface area contributed by atoms with Crippen LogP contribution in [-0.2, 0) is 13.0 Å². The fraction of sp³-hybridized carbons (Fsp3) is 0.263. The molecule has 3 aromatic rings. The van der Waals surface area contributed by atoms with E-state index in [2.05, 4.69) is 20.4 Å². The Morgan fingerprint density at radius 2 is 1.96 bits per heavy atom. The van der Waals surface area contributed by atoms with Crippen molar-refractivity contribution in [2.75, 3.05) is 0 Å². The number of rotatable bonds is 6. The van der Waals surface area contributed by atoms with Gasteiger partial charge < -0.3 is 14.8 Å². The summed E-state index contributed by atoms with van der Waals surface area (Å²) in [5.41, 5.74) is 1.89. The molecule has 0 aliphatic heterocycles. The summed E-state index contributed by atoms with van der Waals surface area (Å²) in [5, 5.41) is 6.68. The maximum atomic E-state index is 12.4. The first kappa shape index (κ1) is 17.6. The van der Waals surface area contributed by atoms with Gasteiger partial charge in [0.15, 0.2) is 5.82 Å². The summed E-state index contributed by atoms with van der Waals surface area (Å²) < 4.78 is 5.19. The molecule has 2 heterocycles. The average Bonchev–Trinajstić information content (AvgIpc) is 3.07. The van der Waals surface area contributed by atoms with Gasteiger partial charge in [0.05, 0.1) is 12.1 Å². The summed E-state index contributed by atoms with van der Waals surface area (Å²) in [4.78, 5) is 30.9. The lowest BCUT2D eigenvalue weighted by Crippen LogP contribution is -2.26. The predicted octanol–water partition coefficient (Wildman–Crippen LogP) is 2.40. The maximum Gasteiger partial charge on any atom is 0.253 e. The molecule has 1 amide bonds. The first-order chi connectivity index (χ1) is 12.5. The molecule has 7 nitrogen and oxygen atoms in total. The second kappa shape index (κ2) is 7.77. The second-order valence-electron chi connectivity index (χ2n) is 6.25. The van der Waals surface area contributed by atoms with Crippen LogP contribution in [-0.4, -0.2) is 21.0 Å². The lowest BCUT2D eigenvalue weighted by molar-refractivity contribution is 0.0944. The Morgan fingerprint density at radius 3 is 2.69 bits per heavy atom. The number of aromatic amines is 1. The first-order valence-corrected chi connectivity index (χ1v) is 8.39. The van der Waals surface area contributed by atoms with E-state index in [0.29, 0.717) is 29.4 Å². The minimum absolute atomic E-state index is 0.0190. The molecule has 0 atom stereocenters. The van der Waals surface area contributed by atoms with Gasteiger partial charge in [0.25, 0.3) is 5.91 Å². The molecule has 0 aliphatic carbocycles. The molecule has 0 aliphatic rings. The molecule has 0 saturated heterocycles. The summed E-state index contributed by atoms with van der Waals surface area (Å²) in [7, 11) is 0. The molecule has 0 saturated carbocycles. The van der Waals surface area contributed by atoms with Crippen molar-refractivity contribution < 1.29 is 9.32 Å². The smallest absolute Gasteiger partial charge is 0.253 e. The van der Waals surface area contributed by atoms with E-state index >= 15 is 0 Å². The lowest BCUT2D eigenvalue weighted by atomic mass is 10.0. The SMILES string of the molecule is CC(C)c1[nH]c(=O)ccc1C(=O)NCc1nc(Cc2ccccc2)no1. The van der Waals surface area contributed by atoms with E-state index in [-0.39, 0.29) is 23.9 Å². The summed E-state index contributed by atoms with van der Waals surface area (Å²) >= 11 is 0. The van der Waals surface area contributed by atoms with Crippen LogP contribution in [0.5, 0.6) is 0 Å². The van der Waals surface area contributed by atoms with Crippen LogP contribution in [0.2, 0.25) is 0 Å². The molecule has 2 N–H and O–H groups in total. The number of H-pyrrole nitrogens is 1. The third kappa shape index (κ3) is 4.24. The minimum atomic E-state index is -0.298. The molecule has 0 spiro atoms. The number of hydrogen-bond acceptors (Lipinski definition) is 5. The monoisotopic (exact) mass is 352 g/mol. The molecule has 134 valence electrons. The van der Waals surface area contributed by atoms with Gasteiger partial charge in [0, 0.05) is 18.2 Å². The van der Waals surface area contributed by atoms with Crippen molar-refractivity contribution >= 4 is 5.91 Å². The molecular formula is C19H20N4O3. The van der Waals surface area contributed by atoms with Gasteiger partial charge in [-0.05, 0) is 17.5 Å². The minimum Gasteiger partial charge on any atom is -0.343 e. The summed E-state index contributed by atoms with van der Waals surface area (Å²) in [6, 6.07) is 12.7. The Labute approximate surface area is 150 Å². The largest absolute Gasteiger partial charge is 0.343 e. The van der Waals surface area contributed by atoms with Gasteiger partial charge in [-0.15, -0.1) is 0 Å². The third-order valence-corrected chi connectivity index (χ3v) is 3.89. The van der Waals surface area contributed by atoms with Gasteiger partial charge in [-0.2, -0.15) is 4.98 Å². The van der Waals surface area contributed by atoms with Crippen molar-refractivity contribution in [2.45, 2.75) is 32.7 Å². The number of pyridine rings is 1. The van der Waals surface area contributed by atoms with Crippen LogP contribution in [0.15, 0.2) is 51.8 Å². The average molecular weight is 352 g/mol. The third-order valence-electron chi connectivity index (χ3n) is 3.89. The van der Waals surface area contributed by atoms with Crippen molar-refractivity contribution in [3.8, 4) is 0 Å². The normalized spacial score (nSPS) is 10.9. The molecular weight excluding hydrogens is 332 g/mol. The van der Waals surface area contributed by atoms with E-state index in [9.17, 15) is 9.59 Å². The van der Waals surface area contributed by atoms with Crippen molar-refractivity contribution in [1.82, 2.24) is 20.4 Å². The second-order valence-corrected chi connectivity index (χ2v) is 6.25. The molecule has 0 radical (unpaired) electrons. The molecule has 0 fully saturated rings. The number of aromatic nitrogens is 3. The van der Waals surface area contributed by atoms with Crippen molar-refractivity contribution in [3.63, 3.8) is 0 Å². The maximum absolute atomic E-state index is 12.4. The van der Waals surface area contributed by atoms with E-state index < -0.39 is 0 Å². The molecule has 7 heteroatoms. The zero-order chi connectivity index (χ0) is 18.5. The Bertz CT molecular complexity index is 945. The number of nitrogens with one attached hydrogen (secondary N) is 2. The fourth-order valence-corrected chi connectivity index (χ4v) is 2.61. The predicted molar refractivity (Wildman–Crippen MR) is 95.9 cm³/mol. The zero-order valence-electron chi connectivity index (χ0n) is 14.7. The highest BCUT2D eigenvalue weighted by Crippen LogP contribution is 2.15. The van der Waals surface area contributed by atoms with E-state index in [4.69, 9.17) is 4.52 Å². The zero-order valence-corrected chi connectivity index (χ0v) is 14.7. The van der Waals surface area contributed by atoms with Crippen molar-refractivity contribution in [1.29, 1.82) is 0 Å². The van der Waals surface area contributed by atoms with Gasteiger partial charge in [-0.3, -0.25) is 9.59 Å². The topological polar surface area (TPSA) is 101 Å². The summed E-state index contributed by atoms with van der Waals surface area (Å²) in [5.74, 6) is 0.616. The van der Waals surface area contributed by atoms with E-state index in [1.165, 1.54) is 12.1 Å². The quantitative estimate of drug-likeness (QED) is 0.709. The highest BCUT2D eigenvalue weighted by atomic mass is 16.5. The molecule has 2 aromatic heterocycles. The number of carbonyl (C=O) groups excluding carboxylic acids is 1. The van der Waals surface area contributed by atoms with Crippen LogP contribution in [0.4, 0.5) is 0 Å². The van der Waals surface area contributed by atoms with Gasteiger partial charge >= 0.3 is 0 Å². The number of benzene rings is 1. The number of nitrogens with zero attached hydrogens (tertiary/aromatic N) is 2. The van der Waals surface area contributed by atoms with Crippen LogP contribution in [0.25, 0.3) is 0 Å². The number of carbonyl (C=O) groups is 1. The Balaban J connectivity index is 1.65.